The van der Waals surface area contributed by atoms with Crippen molar-refractivity contribution in [2.45, 2.75) is 31.3 Å². The van der Waals surface area contributed by atoms with Crippen LogP contribution in [0.1, 0.15) is 36.6 Å². The molecule has 1 aliphatic rings. The van der Waals surface area contributed by atoms with E-state index in [-0.39, 0.29) is 12.2 Å². The van der Waals surface area contributed by atoms with Crippen LogP contribution in [0.15, 0.2) is 98.9 Å². The van der Waals surface area contributed by atoms with Crippen molar-refractivity contribution in [3.8, 4) is 0 Å². The van der Waals surface area contributed by atoms with E-state index in [9.17, 15) is 9.59 Å². The minimum Gasteiger partial charge on any atom is -0.463 e. The average Bonchev–Trinajstić information content (AvgIpc) is 3.50. The number of hydrogen-bond acceptors (Lipinski definition) is 6. The van der Waals surface area contributed by atoms with Gasteiger partial charge in [0.25, 0.3) is 5.56 Å². The number of thioether (sulfide) groups is 1. The van der Waals surface area contributed by atoms with E-state index in [4.69, 9.17) is 32.9 Å². The topological polar surface area (TPSA) is 65.6 Å². The van der Waals surface area contributed by atoms with Crippen LogP contribution < -0.4 is 14.9 Å². The van der Waals surface area contributed by atoms with E-state index in [2.05, 4.69) is 10.6 Å². The molecule has 0 N–H and O–H groups in total. The molecule has 1 aliphatic heterocycles. The summed E-state index contributed by atoms with van der Waals surface area (Å²) in [7, 11) is 0. The van der Waals surface area contributed by atoms with Crippen molar-refractivity contribution in [2.24, 2.45) is 4.99 Å². The highest BCUT2D eigenvalue weighted by atomic mass is 35.5. The molecule has 0 saturated carbocycles. The van der Waals surface area contributed by atoms with Crippen molar-refractivity contribution < 1.29 is 9.53 Å². The van der Waals surface area contributed by atoms with E-state index in [1.165, 1.54) is 11.3 Å². The fraction of sp³-hybridized carbons (Fsp3) is 0.182. The summed E-state index contributed by atoms with van der Waals surface area (Å²) >= 11 is 15.4. The van der Waals surface area contributed by atoms with Gasteiger partial charge >= 0.3 is 5.97 Å². The summed E-state index contributed by atoms with van der Waals surface area (Å²) in [6.45, 7) is 4.37. The van der Waals surface area contributed by atoms with Crippen LogP contribution in [0.4, 0.5) is 0 Å². The Labute approximate surface area is 266 Å². The first kappa shape index (κ1) is 29.5. The highest BCUT2D eigenvalue weighted by Gasteiger charge is 2.33. The predicted octanol–water partition coefficient (Wildman–Crippen LogP) is 6.83. The number of ether oxygens (including phenoxy) is 1. The largest absolute Gasteiger partial charge is 0.463 e. The number of aromatic nitrogens is 2. The van der Waals surface area contributed by atoms with Crippen LogP contribution in [-0.2, 0) is 16.1 Å². The number of para-hydroxylation sites is 1. The summed E-state index contributed by atoms with van der Waals surface area (Å²) in [6.07, 6.45) is 5.96. The van der Waals surface area contributed by atoms with Crippen molar-refractivity contribution >= 4 is 69.2 Å². The molecule has 3 heterocycles. The zero-order valence-electron chi connectivity index (χ0n) is 23.6. The van der Waals surface area contributed by atoms with Gasteiger partial charge in [-0.25, -0.2) is 9.79 Å². The number of nitrogens with zero attached hydrogens (tertiary/aromatic N) is 3. The van der Waals surface area contributed by atoms with Crippen molar-refractivity contribution in [1.82, 2.24) is 9.13 Å². The maximum Gasteiger partial charge on any atom is 0.338 e. The molecule has 0 aliphatic carbocycles. The molecule has 0 radical (unpaired) electrons. The van der Waals surface area contributed by atoms with Gasteiger partial charge in [-0.2, -0.15) is 0 Å². The smallest absolute Gasteiger partial charge is 0.338 e. The van der Waals surface area contributed by atoms with Crippen LogP contribution >= 0.6 is 46.3 Å². The fourth-order valence-electron chi connectivity index (χ4n) is 5.39. The monoisotopic (exact) mass is 647 g/mol. The number of carbonyl (C=O) groups excluding carboxylic acids is 1. The second-order valence-corrected chi connectivity index (χ2v) is 12.8. The molecule has 1 atom stereocenters. The van der Waals surface area contributed by atoms with Gasteiger partial charge in [-0.3, -0.25) is 9.36 Å². The Balaban J connectivity index is 1.50. The number of hydrogen-bond donors (Lipinski definition) is 0. The standard InChI is InChI=1S/C33H27Cl2N3O3S2/c1-4-41-32(40)29-19(2)36-33-38(30(29)21-10-12-23(42-3)13-11-21)31(39)28(43-33)16-22-18-37(27-8-6-5-7-24(22)27)17-20-9-14-25(34)26(35)15-20/h5-16,18,30H,4,17H2,1-3H3/b28-16+/t30-/m0/s1. The van der Waals surface area contributed by atoms with Gasteiger partial charge in [0.2, 0.25) is 0 Å². The van der Waals surface area contributed by atoms with E-state index in [1.54, 1.807) is 36.2 Å². The second-order valence-electron chi connectivity index (χ2n) is 10.1. The van der Waals surface area contributed by atoms with Gasteiger partial charge < -0.3 is 9.30 Å². The first-order valence-electron chi connectivity index (χ1n) is 13.6. The molecule has 0 amide bonds. The molecule has 0 bridgehead atoms. The van der Waals surface area contributed by atoms with Crippen molar-refractivity contribution in [2.75, 3.05) is 12.9 Å². The molecule has 0 unspecified atom stereocenters. The van der Waals surface area contributed by atoms with Gasteiger partial charge in [-0.05, 0) is 67.6 Å². The van der Waals surface area contributed by atoms with E-state index < -0.39 is 12.0 Å². The van der Waals surface area contributed by atoms with E-state index in [0.717, 1.165) is 32.5 Å². The lowest BCUT2D eigenvalue weighted by Gasteiger charge is -2.24. The molecule has 218 valence electrons. The third-order valence-electron chi connectivity index (χ3n) is 7.39. The number of halogens is 2. The summed E-state index contributed by atoms with van der Waals surface area (Å²) in [6, 6.07) is 21.0. The van der Waals surface area contributed by atoms with Gasteiger partial charge in [0.1, 0.15) is 0 Å². The summed E-state index contributed by atoms with van der Waals surface area (Å²) in [4.78, 5) is 33.7. The number of carbonyl (C=O) groups is 1. The molecule has 0 saturated heterocycles. The molecular formula is C33H27Cl2N3O3S2. The van der Waals surface area contributed by atoms with E-state index >= 15 is 0 Å². The Morgan fingerprint density at radius 1 is 1.09 bits per heavy atom. The lowest BCUT2D eigenvalue weighted by atomic mass is 9.96. The quantitative estimate of drug-likeness (QED) is 0.143. The zero-order valence-corrected chi connectivity index (χ0v) is 26.8. The maximum absolute atomic E-state index is 14.1. The Kier molecular flexibility index (Phi) is 8.38. The second kappa shape index (κ2) is 12.2. The first-order valence-corrected chi connectivity index (χ1v) is 16.4. The van der Waals surface area contributed by atoms with Gasteiger partial charge in [-0.1, -0.05) is 70.9 Å². The third-order valence-corrected chi connectivity index (χ3v) is 9.86. The molecule has 6 rings (SSSR count). The van der Waals surface area contributed by atoms with Crippen LogP contribution in [0.25, 0.3) is 17.0 Å². The Hall–Kier alpha value is -3.56. The minimum atomic E-state index is -0.649. The van der Waals surface area contributed by atoms with Crippen molar-refractivity contribution in [1.29, 1.82) is 0 Å². The van der Waals surface area contributed by atoms with Crippen LogP contribution in [-0.4, -0.2) is 28.0 Å². The van der Waals surface area contributed by atoms with E-state index in [1.807, 2.05) is 73.1 Å². The normalized spacial score (nSPS) is 15.1. The highest BCUT2D eigenvalue weighted by Crippen LogP contribution is 2.32. The lowest BCUT2D eigenvalue weighted by Crippen LogP contribution is -2.39. The Bertz CT molecular complexity index is 2090. The Morgan fingerprint density at radius 3 is 2.58 bits per heavy atom. The van der Waals surface area contributed by atoms with Gasteiger partial charge in [0, 0.05) is 34.1 Å². The molecule has 2 aromatic heterocycles. The predicted molar refractivity (Wildman–Crippen MR) is 176 cm³/mol. The van der Waals surface area contributed by atoms with Gasteiger partial charge in [-0.15, -0.1) is 11.8 Å². The lowest BCUT2D eigenvalue weighted by molar-refractivity contribution is -0.139. The molecule has 6 nitrogen and oxygen atoms in total. The molecule has 0 spiro atoms. The summed E-state index contributed by atoms with van der Waals surface area (Å²) in [5.41, 5.74) is 4.47. The minimum absolute atomic E-state index is 0.210. The number of rotatable bonds is 7. The number of thiazole rings is 1. The van der Waals surface area contributed by atoms with Crippen molar-refractivity contribution in [3.63, 3.8) is 0 Å². The number of allylic oxidation sites excluding steroid dienone is 1. The highest BCUT2D eigenvalue weighted by molar-refractivity contribution is 7.98. The van der Waals surface area contributed by atoms with Gasteiger partial charge in [0.05, 0.1) is 38.5 Å². The summed E-state index contributed by atoms with van der Waals surface area (Å²) in [5, 5.41) is 2.03. The average molecular weight is 649 g/mol. The summed E-state index contributed by atoms with van der Waals surface area (Å²) in [5.74, 6) is -0.470. The van der Waals surface area contributed by atoms with Crippen LogP contribution in [0.2, 0.25) is 10.0 Å². The Morgan fingerprint density at radius 2 is 1.86 bits per heavy atom. The van der Waals surface area contributed by atoms with E-state index in [0.29, 0.717) is 37.2 Å². The molecule has 43 heavy (non-hydrogen) atoms. The fourth-order valence-corrected chi connectivity index (χ4v) is 7.16. The van der Waals surface area contributed by atoms with Crippen LogP contribution in [0, 0.1) is 0 Å². The number of fused-ring (bicyclic) bond motifs is 2. The molecule has 10 heteroatoms. The molecule has 3 aromatic carbocycles. The zero-order chi connectivity index (χ0) is 30.2. The third kappa shape index (κ3) is 5.60. The van der Waals surface area contributed by atoms with Gasteiger partial charge in [0.15, 0.2) is 4.80 Å². The number of esters is 1. The van der Waals surface area contributed by atoms with Crippen molar-refractivity contribution in [3.05, 3.63) is 131 Å². The first-order chi connectivity index (χ1) is 20.8. The molecular weight excluding hydrogens is 621 g/mol. The van der Waals surface area contributed by atoms with Crippen LogP contribution in [0.5, 0.6) is 0 Å². The SMILES string of the molecule is CCOC(=O)C1=C(C)N=c2s/c(=C/c3cn(Cc4ccc(Cl)c(Cl)c4)c4ccccc34)c(=O)n2[C@H]1c1ccc(SC)cc1. The number of benzene rings is 3. The summed E-state index contributed by atoms with van der Waals surface area (Å²) < 4.78 is 9.71. The molecule has 0 fully saturated rings. The maximum atomic E-state index is 14.1. The molecule has 5 aromatic rings. The van der Waals surface area contributed by atoms with Crippen LogP contribution in [0.3, 0.4) is 0 Å².